The first-order valence-corrected chi connectivity index (χ1v) is 9.63. The maximum Gasteiger partial charge on any atom is 0.433 e. The van der Waals surface area contributed by atoms with E-state index >= 15 is 0 Å². The van der Waals surface area contributed by atoms with Gasteiger partial charge in [-0.1, -0.05) is 0 Å². The van der Waals surface area contributed by atoms with Crippen molar-refractivity contribution in [2.24, 2.45) is 11.8 Å². The van der Waals surface area contributed by atoms with E-state index in [0.717, 1.165) is 61.5 Å². The van der Waals surface area contributed by atoms with Gasteiger partial charge in [-0.15, -0.1) is 0 Å². The highest BCUT2D eigenvalue weighted by molar-refractivity contribution is 5.83. The number of alkyl halides is 3. The summed E-state index contributed by atoms with van der Waals surface area (Å²) in [5.41, 5.74) is 1.54. The van der Waals surface area contributed by atoms with Crippen LogP contribution in [0.3, 0.4) is 0 Å². The van der Waals surface area contributed by atoms with E-state index < -0.39 is 11.9 Å². The van der Waals surface area contributed by atoms with Crippen LogP contribution >= 0.6 is 0 Å². The second kappa shape index (κ2) is 6.57. The molecule has 10 heteroatoms. The molecule has 2 unspecified atom stereocenters. The number of pyridine rings is 1. The number of fused-ring (bicyclic) bond motifs is 2. The van der Waals surface area contributed by atoms with E-state index in [1.54, 1.807) is 12.7 Å². The zero-order valence-corrected chi connectivity index (χ0v) is 15.8. The summed E-state index contributed by atoms with van der Waals surface area (Å²) in [7, 11) is 0. The molecule has 0 aromatic carbocycles. The standard InChI is InChI=1S/C19H20F3N7/c1-2-27-11-26-16-17(27)24-10-25-18(16)29-8-12-6-28(7-13(12)9-29)14-3-4-15(23-5-14)19(20,21)22/h3-5,10-13H,2,6-9H2,1H3. The van der Waals surface area contributed by atoms with Crippen molar-refractivity contribution >= 4 is 22.7 Å². The molecule has 2 aliphatic rings. The van der Waals surface area contributed by atoms with Crippen LogP contribution < -0.4 is 9.80 Å². The summed E-state index contributed by atoms with van der Waals surface area (Å²) in [5.74, 6) is 1.71. The maximum absolute atomic E-state index is 12.7. The van der Waals surface area contributed by atoms with Crippen LogP contribution in [0, 0.1) is 11.8 Å². The number of aromatic nitrogens is 5. The van der Waals surface area contributed by atoms with Crippen molar-refractivity contribution < 1.29 is 13.2 Å². The first kappa shape index (κ1) is 18.1. The summed E-state index contributed by atoms with van der Waals surface area (Å²) >= 11 is 0. The number of halogens is 3. The Kier molecular flexibility index (Phi) is 4.11. The number of nitrogens with zero attached hydrogens (tertiary/aromatic N) is 7. The molecule has 2 atom stereocenters. The molecule has 0 N–H and O–H groups in total. The Balaban J connectivity index is 1.31. The van der Waals surface area contributed by atoms with Crippen LogP contribution in [0.15, 0.2) is 31.0 Å². The molecule has 0 spiro atoms. The van der Waals surface area contributed by atoms with Crippen molar-refractivity contribution in [2.45, 2.75) is 19.6 Å². The maximum atomic E-state index is 12.7. The molecular formula is C19H20F3N7. The number of aryl methyl sites for hydroxylation is 1. The van der Waals surface area contributed by atoms with Crippen LogP contribution in [0.25, 0.3) is 11.2 Å². The Bertz CT molecular complexity index is 1020. The van der Waals surface area contributed by atoms with E-state index in [0.29, 0.717) is 11.8 Å². The lowest BCUT2D eigenvalue weighted by Gasteiger charge is -2.23. The molecule has 0 amide bonds. The van der Waals surface area contributed by atoms with E-state index in [4.69, 9.17) is 0 Å². The fourth-order valence-electron chi connectivity index (χ4n) is 4.45. The summed E-state index contributed by atoms with van der Waals surface area (Å²) in [4.78, 5) is 21.3. The number of anilines is 2. The quantitative estimate of drug-likeness (QED) is 0.670. The Labute approximate surface area is 165 Å². The van der Waals surface area contributed by atoms with Crippen molar-refractivity contribution in [3.8, 4) is 0 Å². The third-order valence-corrected chi connectivity index (χ3v) is 5.91. The van der Waals surface area contributed by atoms with Crippen molar-refractivity contribution in [2.75, 3.05) is 36.0 Å². The molecule has 7 nitrogen and oxygen atoms in total. The predicted octanol–water partition coefficient (Wildman–Crippen LogP) is 2.83. The molecule has 3 aromatic rings. The van der Waals surface area contributed by atoms with Gasteiger partial charge in [-0.25, -0.2) is 19.9 Å². The lowest BCUT2D eigenvalue weighted by Crippen LogP contribution is -2.29. The van der Waals surface area contributed by atoms with Gasteiger partial charge in [0.2, 0.25) is 0 Å². The molecule has 152 valence electrons. The second-order valence-electron chi connectivity index (χ2n) is 7.63. The van der Waals surface area contributed by atoms with Crippen molar-refractivity contribution in [1.29, 1.82) is 0 Å². The van der Waals surface area contributed by atoms with E-state index in [9.17, 15) is 13.2 Å². The van der Waals surface area contributed by atoms with Gasteiger partial charge in [-0.2, -0.15) is 13.2 Å². The van der Waals surface area contributed by atoms with Gasteiger partial charge in [0.1, 0.15) is 12.0 Å². The minimum Gasteiger partial charge on any atom is -0.370 e. The fourth-order valence-corrected chi connectivity index (χ4v) is 4.45. The molecule has 0 bridgehead atoms. The molecule has 2 fully saturated rings. The van der Waals surface area contributed by atoms with Crippen LogP contribution in [0.5, 0.6) is 0 Å². The largest absolute Gasteiger partial charge is 0.433 e. The van der Waals surface area contributed by atoms with E-state index in [-0.39, 0.29) is 0 Å². The average molecular weight is 403 g/mol. The van der Waals surface area contributed by atoms with Crippen molar-refractivity contribution in [3.63, 3.8) is 0 Å². The zero-order valence-electron chi connectivity index (χ0n) is 15.8. The topological polar surface area (TPSA) is 63.0 Å². The molecule has 5 rings (SSSR count). The average Bonchev–Trinajstić information content (AvgIpc) is 3.39. The van der Waals surface area contributed by atoms with Crippen LogP contribution in [-0.2, 0) is 12.7 Å². The van der Waals surface area contributed by atoms with Gasteiger partial charge in [0, 0.05) is 44.6 Å². The smallest absolute Gasteiger partial charge is 0.370 e. The Morgan fingerprint density at radius 1 is 0.966 bits per heavy atom. The fraction of sp³-hybridized carbons (Fsp3) is 0.474. The summed E-state index contributed by atoms with van der Waals surface area (Å²) in [5, 5.41) is 0. The third kappa shape index (κ3) is 3.06. The lowest BCUT2D eigenvalue weighted by atomic mass is 10.0. The highest BCUT2D eigenvalue weighted by Crippen LogP contribution is 2.37. The minimum absolute atomic E-state index is 0.426. The SMILES string of the molecule is CCn1cnc2c(N3CC4CN(c5ccc(C(F)(F)F)nc5)CC4C3)ncnc21. The van der Waals surface area contributed by atoms with Crippen molar-refractivity contribution in [3.05, 3.63) is 36.7 Å². The van der Waals surface area contributed by atoms with Crippen LogP contribution in [0.2, 0.25) is 0 Å². The molecule has 2 aliphatic heterocycles. The molecule has 0 radical (unpaired) electrons. The summed E-state index contributed by atoms with van der Waals surface area (Å²) in [6.07, 6.45) is 0.292. The molecule has 29 heavy (non-hydrogen) atoms. The highest BCUT2D eigenvalue weighted by atomic mass is 19.4. The number of imidazole rings is 1. The predicted molar refractivity (Wildman–Crippen MR) is 102 cm³/mol. The second-order valence-corrected chi connectivity index (χ2v) is 7.63. The van der Waals surface area contributed by atoms with Gasteiger partial charge in [0.05, 0.1) is 18.2 Å². The van der Waals surface area contributed by atoms with Crippen LogP contribution in [0.4, 0.5) is 24.7 Å². The van der Waals surface area contributed by atoms with Gasteiger partial charge in [-0.05, 0) is 19.1 Å². The van der Waals surface area contributed by atoms with Gasteiger partial charge < -0.3 is 14.4 Å². The van der Waals surface area contributed by atoms with Crippen LogP contribution in [0.1, 0.15) is 12.6 Å². The van der Waals surface area contributed by atoms with E-state index in [1.807, 2.05) is 11.5 Å². The van der Waals surface area contributed by atoms with Crippen molar-refractivity contribution in [1.82, 2.24) is 24.5 Å². The Morgan fingerprint density at radius 3 is 2.31 bits per heavy atom. The molecule has 0 saturated carbocycles. The Hall–Kier alpha value is -2.91. The summed E-state index contributed by atoms with van der Waals surface area (Å²) < 4.78 is 40.2. The van der Waals surface area contributed by atoms with E-state index in [1.165, 1.54) is 12.3 Å². The van der Waals surface area contributed by atoms with E-state index in [2.05, 4.69) is 29.7 Å². The number of hydrogen-bond donors (Lipinski definition) is 0. The normalized spacial score (nSPS) is 21.9. The van der Waals surface area contributed by atoms with Gasteiger partial charge in [0.25, 0.3) is 0 Å². The number of rotatable bonds is 3. The number of hydrogen-bond acceptors (Lipinski definition) is 6. The molecular weight excluding hydrogens is 383 g/mol. The summed E-state index contributed by atoms with van der Waals surface area (Å²) in [6, 6.07) is 2.57. The molecule has 3 aromatic heterocycles. The first-order chi connectivity index (χ1) is 13.9. The zero-order chi connectivity index (χ0) is 20.2. The minimum atomic E-state index is -4.41. The molecule has 5 heterocycles. The molecule has 0 aliphatic carbocycles. The lowest BCUT2D eigenvalue weighted by molar-refractivity contribution is -0.141. The third-order valence-electron chi connectivity index (χ3n) is 5.91. The van der Waals surface area contributed by atoms with Gasteiger partial charge >= 0.3 is 6.18 Å². The highest BCUT2D eigenvalue weighted by Gasteiger charge is 2.41. The van der Waals surface area contributed by atoms with Gasteiger partial charge in [-0.3, -0.25) is 0 Å². The van der Waals surface area contributed by atoms with Crippen LogP contribution in [-0.4, -0.2) is 50.7 Å². The monoisotopic (exact) mass is 403 g/mol. The Morgan fingerprint density at radius 2 is 1.69 bits per heavy atom. The first-order valence-electron chi connectivity index (χ1n) is 9.63. The van der Waals surface area contributed by atoms with Gasteiger partial charge in [0.15, 0.2) is 17.0 Å². The summed E-state index contributed by atoms with van der Waals surface area (Å²) in [6.45, 7) is 6.14. The molecule has 2 saturated heterocycles.